The largest absolute Gasteiger partial charge is 0.481 e. The van der Waals surface area contributed by atoms with Gasteiger partial charge in [0.15, 0.2) is 0 Å². The van der Waals surface area contributed by atoms with E-state index < -0.39 is 41.5 Å². The predicted molar refractivity (Wildman–Crippen MR) is 94.5 cm³/mol. The second-order valence-corrected chi connectivity index (χ2v) is 8.37. The van der Waals surface area contributed by atoms with Crippen molar-refractivity contribution in [1.29, 1.82) is 0 Å². The van der Waals surface area contributed by atoms with E-state index >= 15 is 0 Å². The first-order chi connectivity index (χ1) is 12.8. The molecule has 0 aromatic heterocycles. The molecule has 8 heteroatoms. The van der Waals surface area contributed by atoms with Crippen LogP contribution in [-0.2, 0) is 19.2 Å². The number of rotatable bonds is 6. The monoisotopic (exact) mass is 380 g/mol. The van der Waals surface area contributed by atoms with E-state index in [2.05, 4.69) is 10.6 Å². The zero-order chi connectivity index (χ0) is 19.7. The molecule has 0 heterocycles. The van der Waals surface area contributed by atoms with Crippen LogP contribution in [0.25, 0.3) is 0 Å². The second-order valence-electron chi connectivity index (χ2n) is 8.37. The molecule has 7 atom stereocenters. The highest BCUT2D eigenvalue weighted by Gasteiger charge is 2.49. The minimum absolute atomic E-state index is 0.0594. The number of hydrogen-bond donors (Lipinski definition) is 4. The van der Waals surface area contributed by atoms with Gasteiger partial charge in [0, 0.05) is 13.6 Å². The Morgan fingerprint density at radius 3 is 1.89 bits per heavy atom. The lowest BCUT2D eigenvalue weighted by Crippen LogP contribution is -2.50. The first-order valence-electron chi connectivity index (χ1n) is 9.76. The van der Waals surface area contributed by atoms with Gasteiger partial charge in [0.25, 0.3) is 0 Å². The van der Waals surface area contributed by atoms with Crippen molar-refractivity contribution in [3.8, 4) is 0 Å². The van der Waals surface area contributed by atoms with Crippen LogP contribution in [0.15, 0.2) is 0 Å². The minimum atomic E-state index is -1.20. The van der Waals surface area contributed by atoms with E-state index in [0.717, 1.165) is 12.3 Å². The molecular weight excluding hydrogens is 352 g/mol. The normalized spacial score (nSPS) is 37.6. The highest BCUT2D eigenvalue weighted by molar-refractivity contribution is 5.90. The molecule has 0 radical (unpaired) electrons. The Morgan fingerprint density at radius 2 is 1.41 bits per heavy atom. The van der Waals surface area contributed by atoms with Crippen molar-refractivity contribution in [3.63, 3.8) is 0 Å². The topological polar surface area (TPSA) is 133 Å². The lowest BCUT2D eigenvalue weighted by atomic mass is 9.67. The van der Waals surface area contributed by atoms with Crippen LogP contribution >= 0.6 is 0 Å². The molecule has 3 rings (SSSR count). The maximum atomic E-state index is 12.8. The lowest BCUT2D eigenvalue weighted by molar-refractivity contribution is -0.159. The van der Waals surface area contributed by atoms with Gasteiger partial charge in [-0.25, -0.2) is 0 Å². The van der Waals surface area contributed by atoms with Gasteiger partial charge in [0.05, 0.1) is 23.7 Å². The Hall–Kier alpha value is -2.12. The quantitative estimate of drug-likeness (QED) is 0.536. The number of carboxylic acid groups (broad SMARTS) is 2. The van der Waals surface area contributed by atoms with Crippen molar-refractivity contribution in [2.75, 3.05) is 13.6 Å². The number of carbonyl (C=O) groups excluding carboxylic acids is 2. The van der Waals surface area contributed by atoms with Crippen LogP contribution in [0, 0.1) is 41.4 Å². The molecule has 8 nitrogen and oxygen atoms in total. The molecule has 0 saturated heterocycles. The number of carbonyl (C=O) groups is 4. The average molecular weight is 380 g/mol. The first-order valence-corrected chi connectivity index (χ1v) is 9.76. The number of hydrogen-bond acceptors (Lipinski definition) is 4. The fourth-order valence-corrected chi connectivity index (χ4v) is 5.50. The molecule has 0 aliphatic heterocycles. The molecule has 150 valence electrons. The van der Waals surface area contributed by atoms with Gasteiger partial charge in [-0.2, -0.15) is 0 Å². The molecule has 2 bridgehead atoms. The fraction of sp³-hybridized carbons (Fsp3) is 0.789. The molecule has 3 saturated carbocycles. The highest BCUT2D eigenvalue weighted by Crippen LogP contribution is 2.48. The van der Waals surface area contributed by atoms with Gasteiger partial charge in [0.1, 0.15) is 0 Å². The zero-order valence-corrected chi connectivity index (χ0v) is 15.5. The van der Waals surface area contributed by atoms with Crippen LogP contribution < -0.4 is 10.6 Å². The van der Waals surface area contributed by atoms with Crippen LogP contribution in [0.5, 0.6) is 0 Å². The fourth-order valence-electron chi connectivity index (χ4n) is 5.50. The van der Waals surface area contributed by atoms with Crippen molar-refractivity contribution in [2.24, 2.45) is 41.4 Å². The summed E-state index contributed by atoms with van der Waals surface area (Å²) in [5.74, 6) is -5.35. The van der Waals surface area contributed by atoms with E-state index in [-0.39, 0.29) is 18.7 Å². The molecule has 3 fully saturated rings. The number of amides is 2. The summed E-state index contributed by atoms with van der Waals surface area (Å²) in [4.78, 5) is 48.1. The minimum Gasteiger partial charge on any atom is -0.481 e. The van der Waals surface area contributed by atoms with Gasteiger partial charge in [0.2, 0.25) is 11.8 Å². The SMILES string of the molecule is CNC(=O)C1CC(C(=O)NCC2CC3CCC2C3)C(C(=O)O)CC1C(=O)O. The van der Waals surface area contributed by atoms with Crippen LogP contribution in [0.2, 0.25) is 0 Å². The summed E-state index contributed by atoms with van der Waals surface area (Å²) in [6.07, 6.45) is 4.53. The summed E-state index contributed by atoms with van der Waals surface area (Å²) >= 11 is 0. The van der Waals surface area contributed by atoms with E-state index in [1.807, 2.05) is 0 Å². The summed E-state index contributed by atoms with van der Waals surface area (Å²) in [5.41, 5.74) is 0. The molecule has 0 spiro atoms. The number of aliphatic carboxylic acids is 2. The number of nitrogens with one attached hydrogen (secondary N) is 2. The number of carboxylic acids is 2. The Morgan fingerprint density at radius 1 is 0.815 bits per heavy atom. The van der Waals surface area contributed by atoms with E-state index in [0.29, 0.717) is 18.4 Å². The number of fused-ring (bicyclic) bond motifs is 2. The summed E-state index contributed by atoms with van der Waals surface area (Å²) in [6.45, 7) is 0.538. The summed E-state index contributed by atoms with van der Waals surface area (Å²) in [7, 11) is 1.41. The van der Waals surface area contributed by atoms with Gasteiger partial charge in [-0.1, -0.05) is 6.42 Å². The van der Waals surface area contributed by atoms with Gasteiger partial charge in [-0.05, 0) is 49.9 Å². The third-order valence-corrected chi connectivity index (χ3v) is 6.96. The molecule has 3 aliphatic carbocycles. The van der Waals surface area contributed by atoms with Crippen LogP contribution in [0.3, 0.4) is 0 Å². The summed E-state index contributed by atoms with van der Waals surface area (Å²) < 4.78 is 0. The van der Waals surface area contributed by atoms with Crippen molar-refractivity contribution >= 4 is 23.8 Å². The predicted octanol–water partition coefficient (Wildman–Crippen LogP) is 0.713. The van der Waals surface area contributed by atoms with Gasteiger partial charge in [-0.3, -0.25) is 19.2 Å². The smallest absolute Gasteiger partial charge is 0.307 e. The van der Waals surface area contributed by atoms with Gasteiger partial charge >= 0.3 is 11.9 Å². The maximum absolute atomic E-state index is 12.8. The summed E-state index contributed by atoms with van der Waals surface area (Å²) in [6, 6.07) is 0. The van der Waals surface area contributed by atoms with Crippen LogP contribution in [-0.4, -0.2) is 47.6 Å². The third kappa shape index (κ3) is 3.94. The van der Waals surface area contributed by atoms with E-state index in [1.54, 1.807) is 0 Å². The molecule has 3 aliphatic rings. The molecule has 4 N–H and O–H groups in total. The molecule has 0 aromatic rings. The van der Waals surface area contributed by atoms with Gasteiger partial charge < -0.3 is 20.8 Å². The highest BCUT2D eigenvalue weighted by atomic mass is 16.4. The Labute approximate surface area is 158 Å². The zero-order valence-electron chi connectivity index (χ0n) is 15.5. The van der Waals surface area contributed by atoms with Gasteiger partial charge in [-0.15, -0.1) is 0 Å². The van der Waals surface area contributed by atoms with E-state index in [1.165, 1.54) is 26.3 Å². The third-order valence-electron chi connectivity index (χ3n) is 6.96. The molecular formula is C19H28N2O6. The summed E-state index contributed by atoms with van der Waals surface area (Å²) in [5, 5.41) is 24.3. The van der Waals surface area contributed by atoms with Crippen LogP contribution in [0.4, 0.5) is 0 Å². The Bertz CT molecular complexity index is 636. The van der Waals surface area contributed by atoms with E-state index in [9.17, 15) is 29.4 Å². The Balaban J connectivity index is 1.68. The molecule has 2 amide bonds. The molecule has 27 heavy (non-hydrogen) atoms. The van der Waals surface area contributed by atoms with E-state index in [4.69, 9.17) is 0 Å². The Kier molecular flexibility index (Phi) is 5.72. The van der Waals surface area contributed by atoms with Crippen LogP contribution in [0.1, 0.15) is 38.5 Å². The lowest BCUT2D eigenvalue weighted by Gasteiger charge is -2.36. The average Bonchev–Trinajstić information content (AvgIpc) is 3.27. The first kappa shape index (κ1) is 19.6. The van der Waals surface area contributed by atoms with Crippen molar-refractivity contribution in [2.45, 2.75) is 38.5 Å². The maximum Gasteiger partial charge on any atom is 0.307 e. The molecule has 7 unspecified atom stereocenters. The van der Waals surface area contributed by atoms with Crippen molar-refractivity contribution in [3.05, 3.63) is 0 Å². The van der Waals surface area contributed by atoms with Crippen molar-refractivity contribution < 1.29 is 29.4 Å². The standard InChI is InChI=1S/C19H28N2O6/c1-20-16(22)12-6-13(15(19(26)27)7-14(12)18(24)25)17(23)21-8-11-5-9-2-3-10(11)4-9/h9-15H,2-8H2,1H3,(H,20,22)(H,21,23)(H,24,25)(H,26,27). The molecule has 0 aromatic carbocycles. The van der Waals surface area contributed by atoms with Crippen molar-refractivity contribution in [1.82, 2.24) is 10.6 Å². The second kappa shape index (κ2) is 7.86.